The van der Waals surface area contributed by atoms with E-state index in [0.29, 0.717) is 12.8 Å². The minimum atomic E-state index is -1.26. The zero-order chi connectivity index (χ0) is 49.5. The van der Waals surface area contributed by atoms with Crippen molar-refractivity contribution in [2.75, 3.05) is 6.61 Å². The zero-order valence-corrected chi connectivity index (χ0v) is 46.1. The van der Waals surface area contributed by atoms with Gasteiger partial charge in [0.05, 0.1) is 18.8 Å². The fourth-order valence-corrected chi connectivity index (χ4v) is 10.1. The minimum absolute atomic E-state index is 0.374. The molecule has 4 atom stereocenters. The van der Waals surface area contributed by atoms with Crippen LogP contribution in [0.2, 0.25) is 0 Å². The monoisotopic (exact) mass is 962 g/mol. The summed E-state index contributed by atoms with van der Waals surface area (Å²) in [5.74, 6) is -0.576. The van der Waals surface area contributed by atoms with Gasteiger partial charge >= 0.3 is 0 Å². The van der Waals surface area contributed by atoms with Gasteiger partial charge in [-0.3, -0.25) is 4.79 Å². The largest absolute Gasteiger partial charge is 0.394 e. The van der Waals surface area contributed by atoms with Gasteiger partial charge < -0.3 is 25.7 Å². The second-order valence-corrected chi connectivity index (χ2v) is 21.8. The fraction of sp³-hybridized carbons (Fsp3) is 0.952. The lowest BCUT2D eigenvalue weighted by molar-refractivity contribution is -0.132. The van der Waals surface area contributed by atoms with E-state index >= 15 is 0 Å². The molecule has 5 N–H and O–H groups in total. The summed E-state index contributed by atoms with van der Waals surface area (Å²) in [5, 5.41) is 44.1. The maximum absolute atomic E-state index is 12.6. The van der Waals surface area contributed by atoms with Crippen molar-refractivity contribution in [2.24, 2.45) is 0 Å². The summed E-state index contributed by atoms with van der Waals surface area (Å²) in [7, 11) is 0. The topological polar surface area (TPSA) is 110 Å². The molecular formula is C62H123NO5. The number of hydrogen-bond donors (Lipinski definition) is 5. The molecule has 0 radical (unpaired) electrons. The summed E-state index contributed by atoms with van der Waals surface area (Å²) >= 11 is 0. The average molecular weight is 963 g/mol. The van der Waals surface area contributed by atoms with Crippen molar-refractivity contribution in [1.82, 2.24) is 5.32 Å². The first-order valence-corrected chi connectivity index (χ1v) is 31.1. The van der Waals surface area contributed by atoms with Gasteiger partial charge in [-0.2, -0.15) is 0 Å². The van der Waals surface area contributed by atoms with Crippen LogP contribution in [0, 0.1) is 0 Å². The Labute approximate surface area is 425 Å². The molecule has 1 amide bonds. The molecule has 4 unspecified atom stereocenters. The molecule has 0 saturated carbocycles. The van der Waals surface area contributed by atoms with Crippen molar-refractivity contribution in [1.29, 1.82) is 0 Å². The minimum Gasteiger partial charge on any atom is -0.394 e. The molecule has 0 saturated heterocycles. The standard InChI is InChI=1S/C62H123NO5/c1-3-5-7-9-11-13-15-17-19-21-23-25-26-27-28-29-30-31-32-33-34-36-38-40-42-44-46-48-50-52-54-56-60(66)62(68)63-58(57-64)61(67)59(65)55-53-51-49-47-45-43-41-39-37-35-24-22-20-18-16-14-12-10-8-6-4-2/h27-28,58-61,64-67H,3-26,29-57H2,1-2H3,(H,63,68)/b28-27-. The quantitative estimate of drug-likeness (QED) is 0.0308. The molecule has 6 nitrogen and oxygen atoms in total. The summed E-state index contributed by atoms with van der Waals surface area (Å²) in [6, 6.07) is -0.983. The highest BCUT2D eigenvalue weighted by atomic mass is 16.3. The van der Waals surface area contributed by atoms with Gasteiger partial charge in [-0.05, 0) is 38.5 Å². The van der Waals surface area contributed by atoms with Crippen molar-refractivity contribution >= 4 is 5.91 Å². The van der Waals surface area contributed by atoms with Crippen LogP contribution < -0.4 is 5.32 Å². The molecule has 0 aliphatic heterocycles. The maximum atomic E-state index is 12.6. The lowest BCUT2D eigenvalue weighted by Crippen LogP contribution is -2.53. The Morgan fingerprint density at radius 2 is 0.588 bits per heavy atom. The number of aliphatic hydroxyl groups is 4. The zero-order valence-electron chi connectivity index (χ0n) is 46.1. The van der Waals surface area contributed by atoms with E-state index in [2.05, 4.69) is 31.3 Å². The Balaban J connectivity index is 3.55. The number of hydrogen-bond acceptors (Lipinski definition) is 5. The predicted octanol–water partition coefficient (Wildman–Crippen LogP) is 18.4. The first kappa shape index (κ1) is 67.0. The molecule has 0 aliphatic carbocycles. The third-order valence-electron chi connectivity index (χ3n) is 15.0. The smallest absolute Gasteiger partial charge is 0.249 e. The van der Waals surface area contributed by atoms with E-state index in [-0.39, 0.29) is 0 Å². The van der Waals surface area contributed by atoms with Gasteiger partial charge in [0.1, 0.15) is 12.2 Å². The molecule has 0 aliphatic rings. The third-order valence-corrected chi connectivity index (χ3v) is 15.0. The molecule has 0 rings (SSSR count). The second-order valence-electron chi connectivity index (χ2n) is 21.8. The third kappa shape index (κ3) is 50.0. The molecule has 0 spiro atoms. The van der Waals surface area contributed by atoms with Gasteiger partial charge in [0.2, 0.25) is 5.91 Å². The summed E-state index contributed by atoms with van der Waals surface area (Å²) in [6.07, 6.45) is 68.7. The Kier molecular flexibility index (Phi) is 56.2. The molecule has 68 heavy (non-hydrogen) atoms. The number of carbonyl (C=O) groups is 1. The Bertz CT molecular complexity index is 990. The Morgan fingerprint density at radius 1 is 0.353 bits per heavy atom. The van der Waals surface area contributed by atoms with Crippen molar-refractivity contribution in [2.45, 2.75) is 372 Å². The molecule has 0 aromatic carbocycles. The normalized spacial score (nSPS) is 13.7. The Hall–Kier alpha value is -0.950. The fourth-order valence-electron chi connectivity index (χ4n) is 10.1. The van der Waals surface area contributed by atoms with Crippen LogP contribution in [0.3, 0.4) is 0 Å². The SMILES string of the molecule is CCCCCCCCCCCCCC/C=C\CCCCCCCCCCCCCCCCCC(O)C(=O)NC(CO)C(O)C(O)CCCCCCCCCCCCCCCCCCCCCCC. The number of rotatable bonds is 58. The van der Waals surface area contributed by atoms with E-state index in [1.54, 1.807) is 0 Å². The highest BCUT2D eigenvalue weighted by Crippen LogP contribution is 2.19. The number of amides is 1. The van der Waals surface area contributed by atoms with Crippen LogP contribution in [0.5, 0.6) is 0 Å². The van der Waals surface area contributed by atoms with Gasteiger partial charge in [0.25, 0.3) is 0 Å². The van der Waals surface area contributed by atoms with Crippen LogP contribution in [-0.2, 0) is 4.79 Å². The van der Waals surface area contributed by atoms with Crippen molar-refractivity contribution in [3.8, 4) is 0 Å². The first-order chi connectivity index (χ1) is 33.5. The van der Waals surface area contributed by atoms with Gasteiger partial charge in [-0.15, -0.1) is 0 Å². The molecule has 6 heteroatoms. The lowest BCUT2D eigenvalue weighted by Gasteiger charge is -2.27. The molecule has 0 aromatic rings. The highest BCUT2D eigenvalue weighted by molar-refractivity contribution is 5.80. The van der Waals surface area contributed by atoms with Crippen LogP contribution in [0.1, 0.15) is 348 Å². The first-order valence-electron chi connectivity index (χ1n) is 31.1. The summed E-state index contributed by atoms with van der Waals surface area (Å²) in [4.78, 5) is 12.6. The van der Waals surface area contributed by atoms with E-state index < -0.39 is 36.9 Å². The molecule has 0 bridgehead atoms. The van der Waals surface area contributed by atoms with Crippen LogP contribution >= 0.6 is 0 Å². The molecule has 406 valence electrons. The molecule has 0 aromatic heterocycles. The van der Waals surface area contributed by atoms with Crippen LogP contribution in [0.25, 0.3) is 0 Å². The van der Waals surface area contributed by atoms with Crippen LogP contribution in [0.4, 0.5) is 0 Å². The van der Waals surface area contributed by atoms with Gasteiger partial charge in [-0.25, -0.2) is 0 Å². The van der Waals surface area contributed by atoms with Crippen molar-refractivity contribution in [3.05, 3.63) is 12.2 Å². The average Bonchev–Trinajstić information content (AvgIpc) is 3.34. The summed E-state index contributed by atoms with van der Waals surface area (Å²) in [5.41, 5.74) is 0. The van der Waals surface area contributed by atoms with E-state index in [0.717, 1.165) is 38.5 Å². The number of aliphatic hydroxyl groups excluding tert-OH is 4. The molecular weight excluding hydrogens is 839 g/mol. The summed E-state index contributed by atoms with van der Waals surface area (Å²) < 4.78 is 0. The molecule has 0 heterocycles. The van der Waals surface area contributed by atoms with Gasteiger partial charge in [-0.1, -0.05) is 321 Å². The van der Waals surface area contributed by atoms with E-state index in [1.807, 2.05) is 0 Å². The number of allylic oxidation sites excluding steroid dienone is 2. The van der Waals surface area contributed by atoms with Crippen LogP contribution in [-0.4, -0.2) is 57.3 Å². The number of unbranched alkanes of at least 4 members (excludes halogenated alkanes) is 47. The molecule has 0 fully saturated rings. The van der Waals surface area contributed by atoms with Crippen molar-refractivity contribution < 1.29 is 25.2 Å². The van der Waals surface area contributed by atoms with Crippen molar-refractivity contribution in [3.63, 3.8) is 0 Å². The Morgan fingerprint density at radius 3 is 0.853 bits per heavy atom. The van der Waals surface area contributed by atoms with E-state index in [4.69, 9.17) is 0 Å². The summed E-state index contributed by atoms with van der Waals surface area (Å²) in [6.45, 7) is 4.10. The number of nitrogens with one attached hydrogen (secondary N) is 1. The van der Waals surface area contributed by atoms with E-state index in [9.17, 15) is 25.2 Å². The highest BCUT2D eigenvalue weighted by Gasteiger charge is 2.28. The maximum Gasteiger partial charge on any atom is 0.249 e. The lowest BCUT2D eigenvalue weighted by atomic mass is 9.99. The van der Waals surface area contributed by atoms with E-state index in [1.165, 1.54) is 283 Å². The predicted molar refractivity (Wildman–Crippen MR) is 298 cm³/mol. The number of carbonyl (C=O) groups excluding carboxylic acids is 1. The van der Waals surface area contributed by atoms with Gasteiger partial charge in [0.15, 0.2) is 0 Å². The second kappa shape index (κ2) is 57.0. The van der Waals surface area contributed by atoms with Crippen LogP contribution in [0.15, 0.2) is 12.2 Å². The van der Waals surface area contributed by atoms with Gasteiger partial charge in [0, 0.05) is 0 Å².